The maximum Gasteiger partial charge on any atom is 0.121 e. The van der Waals surface area contributed by atoms with E-state index in [1.165, 1.54) is 0 Å². The minimum Gasteiger partial charge on any atom is -0.392 e. The molecule has 3 nitrogen and oxygen atoms in total. The molecule has 0 aromatic heterocycles. The van der Waals surface area contributed by atoms with Crippen LogP contribution < -0.4 is 5.73 Å². The Morgan fingerprint density at radius 1 is 0.815 bits per heavy atom. The Morgan fingerprint density at radius 3 is 1.48 bits per heavy atom. The van der Waals surface area contributed by atoms with Crippen LogP contribution in [0.2, 0.25) is 0 Å². The van der Waals surface area contributed by atoms with Crippen LogP contribution >= 0.6 is 11.8 Å². The zero-order valence-electron chi connectivity index (χ0n) is 14.9. The lowest BCUT2D eigenvalue weighted by molar-refractivity contribution is 0.337. The number of nitrogens with two attached hydrogens (primary N) is 1. The van der Waals surface area contributed by atoms with Crippen molar-refractivity contribution in [2.45, 2.75) is 4.75 Å². The van der Waals surface area contributed by atoms with E-state index in [0.717, 1.165) is 16.7 Å². The molecule has 3 aromatic carbocycles. The molecular weight excluding hydrogens is 352 g/mol. The normalized spacial score (nSPS) is 12.0. The second-order valence-corrected chi connectivity index (χ2v) is 7.20. The Hall–Kier alpha value is -2.82. The highest BCUT2D eigenvalue weighted by molar-refractivity contribution is 8.03. The lowest BCUT2D eigenvalue weighted by Crippen LogP contribution is -2.25. The quantitative estimate of drug-likeness (QED) is 0.323. The third-order valence-corrected chi connectivity index (χ3v) is 5.90. The number of hydrogen-bond donors (Lipinski definition) is 3. The molecule has 0 aliphatic rings. The Balaban J connectivity index is 2.27. The van der Waals surface area contributed by atoms with E-state index in [4.69, 9.17) is 11.1 Å². The number of amidine groups is 1. The van der Waals surface area contributed by atoms with Gasteiger partial charge in [0.2, 0.25) is 0 Å². The summed E-state index contributed by atoms with van der Waals surface area (Å²) in [7, 11) is 0. The zero-order chi connectivity index (χ0) is 19.1. The van der Waals surface area contributed by atoms with Crippen LogP contribution in [0.5, 0.6) is 0 Å². The van der Waals surface area contributed by atoms with Crippen molar-refractivity contribution >= 4 is 17.6 Å². The first kappa shape index (κ1) is 19.0. The number of aliphatic hydroxyl groups excluding tert-OH is 1. The van der Waals surface area contributed by atoms with Crippen LogP contribution in [0.4, 0.5) is 0 Å². The molecule has 0 aliphatic carbocycles. The number of aliphatic hydroxyl groups is 1. The molecule has 4 N–H and O–H groups in total. The fourth-order valence-electron chi connectivity index (χ4n) is 3.07. The highest BCUT2D eigenvalue weighted by atomic mass is 32.2. The van der Waals surface area contributed by atoms with E-state index in [9.17, 15) is 5.11 Å². The topological polar surface area (TPSA) is 70.1 Å². The van der Waals surface area contributed by atoms with Crippen LogP contribution in [-0.4, -0.2) is 17.5 Å². The lowest BCUT2D eigenvalue weighted by Gasteiger charge is -2.34. The standard InChI is InChI=1S/C23H22N2OS/c24-22(25)18(16-26)17-27-23(19-10-4-1-5-11-19,20-12-6-2-7-13-20)21-14-8-3-9-15-21/h1-15,17,26H,16H2,(H3,24,25)/b18-17-. The summed E-state index contributed by atoms with van der Waals surface area (Å²) in [6.45, 7) is -0.267. The van der Waals surface area contributed by atoms with E-state index in [1.807, 2.05) is 54.6 Å². The summed E-state index contributed by atoms with van der Waals surface area (Å²) in [6.07, 6.45) is 0. The minimum atomic E-state index is -0.528. The van der Waals surface area contributed by atoms with Crippen LogP contribution in [0, 0.1) is 5.41 Å². The van der Waals surface area contributed by atoms with Crippen molar-refractivity contribution in [3.05, 3.63) is 119 Å². The van der Waals surface area contributed by atoms with Gasteiger partial charge >= 0.3 is 0 Å². The Morgan fingerprint density at radius 2 is 1.19 bits per heavy atom. The van der Waals surface area contributed by atoms with Crippen molar-refractivity contribution in [1.29, 1.82) is 5.41 Å². The van der Waals surface area contributed by atoms with Crippen LogP contribution in [0.1, 0.15) is 16.7 Å². The van der Waals surface area contributed by atoms with Crippen LogP contribution in [0.25, 0.3) is 0 Å². The number of benzene rings is 3. The highest BCUT2D eigenvalue weighted by Crippen LogP contribution is 2.49. The number of thioether (sulfide) groups is 1. The van der Waals surface area contributed by atoms with Crippen molar-refractivity contribution in [2.75, 3.05) is 6.61 Å². The molecule has 0 saturated heterocycles. The summed E-state index contributed by atoms with van der Waals surface area (Å²) < 4.78 is -0.528. The first-order valence-electron chi connectivity index (χ1n) is 8.67. The molecule has 0 unspecified atom stereocenters. The summed E-state index contributed by atoms with van der Waals surface area (Å²) in [6, 6.07) is 30.8. The molecule has 0 saturated carbocycles. The summed E-state index contributed by atoms with van der Waals surface area (Å²) in [5.41, 5.74) is 9.39. The van der Waals surface area contributed by atoms with Crippen molar-refractivity contribution in [3.63, 3.8) is 0 Å². The molecule has 0 atom stereocenters. The van der Waals surface area contributed by atoms with Gasteiger partial charge in [0.15, 0.2) is 0 Å². The van der Waals surface area contributed by atoms with Gasteiger partial charge in [0.1, 0.15) is 5.84 Å². The van der Waals surface area contributed by atoms with E-state index in [-0.39, 0.29) is 12.4 Å². The van der Waals surface area contributed by atoms with Crippen molar-refractivity contribution in [2.24, 2.45) is 5.73 Å². The van der Waals surface area contributed by atoms with E-state index < -0.39 is 4.75 Å². The smallest absolute Gasteiger partial charge is 0.121 e. The third-order valence-electron chi connectivity index (χ3n) is 4.44. The first-order chi connectivity index (χ1) is 13.2. The molecule has 0 heterocycles. The predicted octanol–water partition coefficient (Wildman–Crippen LogP) is 4.52. The molecule has 3 aromatic rings. The number of rotatable bonds is 7. The van der Waals surface area contributed by atoms with Gasteiger partial charge in [-0.25, -0.2) is 0 Å². The fourth-order valence-corrected chi connectivity index (χ4v) is 4.41. The van der Waals surface area contributed by atoms with Gasteiger partial charge in [-0.2, -0.15) is 0 Å². The van der Waals surface area contributed by atoms with Gasteiger partial charge in [-0.1, -0.05) is 91.0 Å². The van der Waals surface area contributed by atoms with E-state index in [2.05, 4.69) is 36.4 Å². The van der Waals surface area contributed by atoms with E-state index in [1.54, 1.807) is 17.2 Å². The molecule has 0 aliphatic heterocycles. The molecule has 27 heavy (non-hydrogen) atoms. The minimum absolute atomic E-state index is 0.118. The van der Waals surface area contributed by atoms with E-state index in [0.29, 0.717) is 5.57 Å². The average Bonchev–Trinajstić information content (AvgIpc) is 2.73. The number of hydrogen-bond acceptors (Lipinski definition) is 3. The van der Waals surface area contributed by atoms with E-state index >= 15 is 0 Å². The summed E-state index contributed by atoms with van der Waals surface area (Å²) in [5.74, 6) is -0.118. The molecule has 0 fully saturated rings. The molecule has 0 bridgehead atoms. The Bertz CT molecular complexity index is 812. The molecule has 136 valence electrons. The molecule has 0 spiro atoms. The molecule has 0 amide bonds. The van der Waals surface area contributed by atoms with Crippen LogP contribution in [0.3, 0.4) is 0 Å². The highest BCUT2D eigenvalue weighted by Gasteiger charge is 2.36. The average molecular weight is 375 g/mol. The second-order valence-electron chi connectivity index (χ2n) is 6.11. The van der Waals surface area contributed by atoms with Gasteiger partial charge in [-0.3, -0.25) is 5.41 Å². The maximum atomic E-state index is 9.60. The van der Waals surface area contributed by atoms with Gasteiger partial charge in [0.05, 0.1) is 11.4 Å². The molecular formula is C23H22N2OS. The predicted molar refractivity (Wildman–Crippen MR) is 114 cm³/mol. The van der Waals surface area contributed by atoms with Crippen LogP contribution in [0.15, 0.2) is 102 Å². The van der Waals surface area contributed by atoms with Gasteiger partial charge in [-0.05, 0) is 22.1 Å². The first-order valence-corrected chi connectivity index (χ1v) is 9.55. The third kappa shape index (κ3) is 3.97. The second kappa shape index (κ2) is 8.71. The van der Waals surface area contributed by atoms with Crippen molar-refractivity contribution in [1.82, 2.24) is 0 Å². The molecule has 4 heteroatoms. The SMILES string of the molecule is N=C(N)/C(=C\SC(c1ccccc1)(c1ccccc1)c1ccccc1)CO. The number of nitrogens with one attached hydrogen (secondary N) is 1. The van der Waals surface area contributed by atoms with Crippen molar-refractivity contribution < 1.29 is 5.11 Å². The van der Waals surface area contributed by atoms with Gasteiger partial charge in [0, 0.05) is 5.57 Å². The monoisotopic (exact) mass is 374 g/mol. The lowest BCUT2D eigenvalue weighted by atomic mass is 9.84. The van der Waals surface area contributed by atoms with Crippen molar-refractivity contribution in [3.8, 4) is 0 Å². The van der Waals surface area contributed by atoms with Crippen LogP contribution in [-0.2, 0) is 4.75 Å². The zero-order valence-corrected chi connectivity index (χ0v) is 15.7. The summed E-state index contributed by atoms with van der Waals surface area (Å²) in [5, 5.41) is 19.1. The maximum absolute atomic E-state index is 9.60. The molecule has 0 radical (unpaired) electrons. The molecule has 3 rings (SSSR count). The fraction of sp³-hybridized carbons (Fsp3) is 0.0870. The summed E-state index contributed by atoms with van der Waals surface area (Å²) >= 11 is 1.55. The van der Waals surface area contributed by atoms with Gasteiger partial charge in [0.25, 0.3) is 0 Å². The van der Waals surface area contributed by atoms with Gasteiger partial charge < -0.3 is 10.8 Å². The Labute approximate surface area is 164 Å². The van der Waals surface area contributed by atoms with Gasteiger partial charge in [-0.15, -0.1) is 11.8 Å². The largest absolute Gasteiger partial charge is 0.392 e. The summed E-state index contributed by atoms with van der Waals surface area (Å²) in [4.78, 5) is 0. The Kier molecular flexibility index (Phi) is 6.12.